The topological polar surface area (TPSA) is 121 Å². The van der Waals surface area contributed by atoms with Gasteiger partial charge in [-0.1, -0.05) is 60.6 Å². The van der Waals surface area contributed by atoms with Crippen LogP contribution in [0.25, 0.3) is 0 Å². The number of amides is 2. The summed E-state index contributed by atoms with van der Waals surface area (Å²) in [6.45, 7) is 14.1. The molecule has 16 heteroatoms. The lowest BCUT2D eigenvalue weighted by atomic mass is 10.2. The number of nitrogens with one attached hydrogen (secondary N) is 2. The first-order valence-corrected chi connectivity index (χ1v) is 19.5. The number of halogens is 3. The number of aromatic nitrogens is 2. The molecule has 3 atom stereocenters. The zero-order valence-electron chi connectivity index (χ0n) is 26.4. The van der Waals surface area contributed by atoms with E-state index in [0.717, 1.165) is 0 Å². The van der Waals surface area contributed by atoms with Gasteiger partial charge in [0.05, 0.1) is 12.7 Å². The molecule has 1 saturated heterocycles. The van der Waals surface area contributed by atoms with Crippen LogP contribution in [0, 0.1) is 0 Å². The standard InChI is InChI=1S/C29H41F3N4O6S2Si/c1-27(2,3)45(6,7)41-16-21-20(40-18-43-44-28(4,5)17-33-25(38)29(30,31)32)15-23(42-21)36-14-13-22(35-26(36)39)34-24(37)19-11-9-8-10-12-19/h8-14,20-21,23H,15-18H2,1-7H3,(H,33,38)(H,34,35,37,39)/t20-,21-,23-/m1/s1. The van der Waals surface area contributed by atoms with Gasteiger partial charge in [0.1, 0.15) is 24.1 Å². The van der Waals surface area contributed by atoms with Crippen molar-refractivity contribution in [2.45, 2.75) is 88.5 Å². The molecule has 250 valence electrons. The van der Waals surface area contributed by atoms with Gasteiger partial charge in [0, 0.05) is 29.5 Å². The molecule has 0 aliphatic carbocycles. The van der Waals surface area contributed by atoms with E-state index in [1.54, 1.807) is 44.2 Å². The molecule has 0 radical (unpaired) electrons. The molecule has 0 spiro atoms. The predicted octanol–water partition coefficient (Wildman–Crippen LogP) is 5.99. The van der Waals surface area contributed by atoms with Gasteiger partial charge in [0.25, 0.3) is 5.91 Å². The van der Waals surface area contributed by atoms with E-state index in [1.165, 1.54) is 38.4 Å². The second-order valence-corrected chi connectivity index (χ2v) is 20.5. The SMILES string of the molecule is CC(C)(CNC(=O)C(F)(F)F)SSCO[C@@H]1C[C@H](n2ccc(NC(=O)c3ccccc3)nc2=O)O[C@@H]1CO[Si](C)(C)C(C)(C)C. The van der Waals surface area contributed by atoms with Crippen LogP contribution < -0.4 is 16.3 Å². The summed E-state index contributed by atoms with van der Waals surface area (Å²) in [5, 5.41) is 4.50. The Morgan fingerprint density at radius 2 is 1.78 bits per heavy atom. The van der Waals surface area contributed by atoms with Crippen molar-refractivity contribution in [1.82, 2.24) is 14.9 Å². The Hall–Kier alpha value is -2.37. The van der Waals surface area contributed by atoms with Gasteiger partial charge < -0.3 is 24.5 Å². The van der Waals surface area contributed by atoms with Crippen molar-refractivity contribution in [3.63, 3.8) is 0 Å². The summed E-state index contributed by atoms with van der Waals surface area (Å²) < 4.78 is 57.1. The van der Waals surface area contributed by atoms with E-state index in [9.17, 15) is 27.6 Å². The Labute approximate surface area is 270 Å². The number of rotatable bonds is 13. The van der Waals surface area contributed by atoms with Crippen LogP contribution >= 0.6 is 21.6 Å². The number of hydrogen-bond donors (Lipinski definition) is 2. The molecule has 0 bridgehead atoms. The highest BCUT2D eigenvalue weighted by molar-refractivity contribution is 8.77. The molecule has 0 unspecified atom stereocenters. The molecule has 1 aromatic heterocycles. The van der Waals surface area contributed by atoms with E-state index < -0.39 is 55.2 Å². The first-order valence-electron chi connectivity index (χ1n) is 14.3. The summed E-state index contributed by atoms with van der Waals surface area (Å²) in [5.41, 5.74) is -0.180. The minimum atomic E-state index is -4.94. The van der Waals surface area contributed by atoms with Crippen molar-refractivity contribution in [2.75, 3.05) is 24.4 Å². The fourth-order valence-electron chi connectivity index (χ4n) is 3.90. The lowest BCUT2D eigenvalue weighted by Gasteiger charge is -2.37. The Morgan fingerprint density at radius 1 is 1.11 bits per heavy atom. The van der Waals surface area contributed by atoms with Crippen LogP contribution in [-0.4, -0.2) is 71.9 Å². The van der Waals surface area contributed by atoms with Crippen molar-refractivity contribution >= 4 is 47.5 Å². The van der Waals surface area contributed by atoms with Gasteiger partial charge in [-0.15, -0.1) is 0 Å². The van der Waals surface area contributed by atoms with Crippen LogP contribution in [0.1, 0.15) is 57.6 Å². The van der Waals surface area contributed by atoms with Gasteiger partial charge in [0.2, 0.25) is 0 Å². The number of anilines is 1. The fraction of sp³-hybridized carbons (Fsp3) is 0.586. The largest absolute Gasteiger partial charge is 0.471 e. The van der Waals surface area contributed by atoms with Gasteiger partial charge in [-0.2, -0.15) is 18.2 Å². The van der Waals surface area contributed by atoms with Crippen molar-refractivity contribution in [3.05, 3.63) is 58.6 Å². The highest BCUT2D eigenvalue weighted by Gasteiger charge is 2.42. The molecule has 2 aromatic rings. The number of carbonyl (C=O) groups is 2. The third kappa shape index (κ3) is 10.8. The van der Waals surface area contributed by atoms with E-state index in [2.05, 4.69) is 44.2 Å². The Kier molecular flexibility index (Phi) is 12.4. The summed E-state index contributed by atoms with van der Waals surface area (Å²) in [7, 11) is 0.440. The van der Waals surface area contributed by atoms with Crippen molar-refractivity contribution < 1.29 is 36.7 Å². The van der Waals surface area contributed by atoms with E-state index in [1.807, 2.05) is 5.32 Å². The zero-order chi connectivity index (χ0) is 33.6. The Balaban J connectivity index is 1.65. The van der Waals surface area contributed by atoms with Crippen LogP contribution in [0.2, 0.25) is 18.1 Å². The third-order valence-electron chi connectivity index (χ3n) is 7.56. The lowest BCUT2D eigenvalue weighted by Crippen LogP contribution is -2.44. The molecule has 2 amide bonds. The van der Waals surface area contributed by atoms with Crippen molar-refractivity contribution in [1.29, 1.82) is 0 Å². The third-order valence-corrected chi connectivity index (χ3v) is 15.0. The van der Waals surface area contributed by atoms with Gasteiger partial charge in [-0.25, -0.2) is 4.79 Å². The van der Waals surface area contributed by atoms with Crippen LogP contribution in [0.4, 0.5) is 19.0 Å². The molecule has 1 aromatic carbocycles. The normalized spacial score (nSPS) is 19.4. The van der Waals surface area contributed by atoms with Gasteiger partial charge >= 0.3 is 17.8 Å². The predicted molar refractivity (Wildman–Crippen MR) is 173 cm³/mol. The monoisotopic (exact) mass is 690 g/mol. The van der Waals surface area contributed by atoms with Gasteiger partial charge in [-0.3, -0.25) is 14.2 Å². The molecule has 45 heavy (non-hydrogen) atoms. The van der Waals surface area contributed by atoms with E-state index in [-0.39, 0.29) is 29.9 Å². The quantitative estimate of drug-likeness (QED) is 0.113. The molecule has 10 nitrogen and oxygen atoms in total. The van der Waals surface area contributed by atoms with E-state index in [4.69, 9.17) is 13.9 Å². The summed E-state index contributed by atoms with van der Waals surface area (Å²) in [4.78, 5) is 40.7. The number of alkyl halides is 3. The molecular weight excluding hydrogens is 650 g/mol. The maximum absolute atomic E-state index is 13.0. The van der Waals surface area contributed by atoms with Gasteiger partial charge in [-0.05, 0) is 50.2 Å². The highest BCUT2D eigenvalue weighted by atomic mass is 33.1. The van der Waals surface area contributed by atoms with Crippen LogP contribution in [0.5, 0.6) is 0 Å². The molecule has 3 rings (SSSR count). The van der Waals surface area contributed by atoms with Crippen LogP contribution in [-0.2, 0) is 18.7 Å². The number of hydrogen-bond acceptors (Lipinski definition) is 9. The van der Waals surface area contributed by atoms with E-state index >= 15 is 0 Å². The van der Waals surface area contributed by atoms with Crippen LogP contribution in [0.3, 0.4) is 0 Å². The Morgan fingerprint density at radius 3 is 2.38 bits per heavy atom. The molecule has 2 heterocycles. The minimum Gasteiger partial charge on any atom is -0.414 e. The van der Waals surface area contributed by atoms with Crippen LogP contribution in [0.15, 0.2) is 47.4 Å². The average molecular weight is 691 g/mol. The highest BCUT2D eigenvalue weighted by Crippen LogP contribution is 2.39. The van der Waals surface area contributed by atoms with Gasteiger partial charge in [0.15, 0.2) is 8.32 Å². The second-order valence-electron chi connectivity index (χ2n) is 12.7. The average Bonchev–Trinajstić information content (AvgIpc) is 3.35. The first-order chi connectivity index (χ1) is 20.8. The first kappa shape index (κ1) is 37.1. The Bertz CT molecular complexity index is 1370. The second kappa shape index (κ2) is 15.0. The summed E-state index contributed by atoms with van der Waals surface area (Å²) >= 11 is 0. The maximum atomic E-state index is 13.0. The lowest BCUT2D eigenvalue weighted by molar-refractivity contribution is -0.173. The van der Waals surface area contributed by atoms with E-state index in [0.29, 0.717) is 12.0 Å². The summed E-state index contributed by atoms with van der Waals surface area (Å²) in [6, 6.07) is 10.1. The molecule has 0 saturated carbocycles. The molecule has 1 aliphatic rings. The van der Waals surface area contributed by atoms with Crippen molar-refractivity contribution in [2.24, 2.45) is 0 Å². The number of nitrogens with zero attached hydrogens (tertiary/aromatic N) is 2. The molecule has 1 fully saturated rings. The maximum Gasteiger partial charge on any atom is 0.471 e. The number of carbonyl (C=O) groups excluding carboxylic acids is 2. The molecule has 1 aliphatic heterocycles. The smallest absolute Gasteiger partial charge is 0.414 e. The summed E-state index contributed by atoms with van der Waals surface area (Å²) in [5.74, 6) is -2.09. The zero-order valence-corrected chi connectivity index (χ0v) is 29.0. The molecule has 2 N–H and O–H groups in total. The van der Waals surface area contributed by atoms with Crippen molar-refractivity contribution in [3.8, 4) is 0 Å². The fourth-order valence-corrected chi connectivity index (χ4v) is 7.09. The summed E-state index contributed by atoms with van der Waals surface area (Å²) in [6.07, 6.45) is -4.77. The molecular formula is C29H41F3N4O6S2Si. The number of ether oxygens (including phenoxy) is 2. The minimum absolute atomic E-state index is 0.0398. The number of benzene rings is 1.